The van der Waals surface area contributed by atoms with Crippen molar-refractivity contribution in [3.63, 3.8) is 0 Å². The summed E-state index contributed by atoms with van der Waals surface area (Å²) in [5.74, 6) is 0. The van der Waals surface area contributed by atoms with Crippen LogP contribution in [0.5, 0.6) is 0 Å². The Balaban J connectivity index is 2.05. The predicted octanol–water partition coefficient (Wildman–Crippen LogP) is 3.69. The minimum Gasteiger partial charge on any atom is -0.397 e. The minimum atomic E-state index is 0.739. The second-order valence-corrected chi connectivity index (χ2v) is 5.71. The van der Waals surface area contributed by atoms with E-state index in [1.165, 1.54) is 0 Å². The van der Waals surface area contributed by atoms with E-state index >= 15 is 0 Å². The fraction of sp³-hybridized carbons (Fsp3) is 0.133. The summed E-state index contributed by atoms with van der Waals surface area (Å²) in [7, 11) is 4.00. The van der Waals surface area contributed by atoms with Crippen molar-refractivity contribution in [1.29, 1.82) is 0 Å². The van der Waals surface area contributed by atoms with Crippen LogP contribution in [0.1, 0.15) is 0 Å². The number of nitrogens with zero attached hydrogens (tertiary/aromatic N) is 3. The van der Waals surface area contributed by atoms with Crippen LogP contribution in [0.2, 0.25) is 0 Å². The Morgan fingerprint density at radius 2 is 2.00 bits per heavy atom. The Kier molecular flexibility index (Phi) is 3.14. The number of halogens is 1. The van der Waals surface area contributed by atoms with Crippen LogP contribution in [0.25, 0.3) is 11.0 Å². The standard InChI is InChI=1S/C15H15BrN4/c1-19-9-18-13-8-11(4-6-15(13)19)20(2)14-5-3-10(16)7-12(14)17/h3-9H,17H2,1-2H3. The fourth-order valence-corrected chi connectivity index (χ4v) is 2.68. The van der Waals surface area contributed by atoms with Crippen LogP contribution in [0.3, 0.4) is 0 Å². The molecule has 5 heteroatoms. The van der Waals surface area contributed by atoms with Gasteiger partial charge in [-0.3, -0.25) is 0 Å². The Bertz CT molecular complexity index is 779. The van der Waals surface area contributed by atoms with E-state index in [-0.39, 0.29) is 0 Å². The number of rotatable bonds is 2. The number of hydrogen-bond donors (Lipinski definition) is 1. The Labute approximate surface area is 126 Å². The maximum absolute atomic E-state index is 6.08. The lowest BCUT2D eigenvalue weighted by atomic mass is 10.2. The number of imidazole rings is 1. The minimum absolute atomic E-state index is 0.739. The second-order valence-electron chi connectivity index (χ2n) is 4.79. The van der Waals surface area contributed by atoms with Crippen LogP contribution in [-0.4, -0.2) is 16.6 Å². The SMILES string of the molecule is CN(c1ccc2c(c1)ncn2C)c1ccc(Br)cc1N. The first-order valence-electron chi connectivity index (χ1n) is 6.26. The number of nitrogen functional groups attached to an aromatic ring is 1. The van der Waals surface area contributed by atoms with E-state index in [1.54, 1.807) is 0 Å². The maximum atomic E-state index is 6.08. The first-order chi connectivity index (χ1) is 9.56. The molecule has 0 aliphatic rings. The lowest BCUT2D eigenvalue weighted by Crippen LogP contribution is -2.11. The molecule has 0 unspecified atom stereocenters. The molecule has 0 fully saturated rings. The van der Waals surface area contributed by atoms with Crippen LogP contribution >= 0.6 is 15.9 Å². The predicted molar refractivity (Wildman–Crippen MR) is 87.3 cm³/mol. The molecule has 3 rings (SSSR count). The molecule has 3 aromatic rings. The van der Waals surface area contributed by atoms with Gasteiger partial charge in [0.2, 0.25) is 0 Å². The third kappa shape index (κ3) is 2.14. The van der Waals surface area contributed by atoms with Crippen molar-refractivity contribution in [1.82, 2.24) is 9.55 Å². The summed E-state index contributed by atoms with van der Waals surface area (Å²) in [4.78, 5) is 6.45. The molecule has 0 aliphatic carbocycles. The van der Waals surface area contributed by atoms with Gasteiger partial charge in [0.15, 0.2) is 0 Å². The molecule has 4 nitrogen and oxygen atoms in total. The number of nitrogens with two attached hydrogens (primary N) is 1. The molecule has 0 aliphatic heterocycles. The average molecular weight is 331 g/mol. The highest BCUT2D eigenvalue weighted by Gasteiger charge is 2.09. The molecule has 0 saturated carbocycles. The topological polar surface area (TPSA) is 47.1 Å². The Morgan fingerprint density at radius 1 is 1.20 bits per heavy atom. The summed E-state index contributed by atoms with van der Waals surface area (Å²) in [5.41, 5.74) is 11.0. The van der Waals surface area contributed by atoms with Crippen molar-refractivity contribution in [3.05, 3.63) is 47.2 Å². The van der Waals surface area contributed by atoms with Gasteiger partial charge >= 0.3 is 0 Å². The van der Waals surface area contributed by atoms with E-state index in [0.29, 0.717) is 0 Å². The van der Waals surface area contributed by atoms with Crippen molar-refractivity contribution < 1.29 is 0 Å². The van der Waals surface area contributed by atoms with E-state index in [0.717, 1.165) is 32.6 Å². The zero-order chi connectivity index (χ0) is 14.3. The van der Waals surface area contributed by atoms with Gasteiger partial charge in [0.1, 0.15) is 0 Å². The van der Waals surface area contributed by atoms with Gasteiger partial charge in [0.25, 0.3) is 0 Å². The Hall–Kier alpha value is -2.01. The first-order valence-corrected chi connectivity index (χ1v) is 7.05. The van der Waals surface area contributed by atoms with Gasteiger partial charge in [0.05, 0.1) is 28.7 Å². The molecular weight excluding hydrogens is 316 g/mol. The first kappa shape index (κ1) is 13.0. The van der Waals surface area contributed by atoms with Gasteiger partial charge in [-0.1, -0.05) is 15.9 Å². The van der Waals surface area contributed by atoms with Gasteiger partial charge in [-0.2, -0.15) is 0 Å². The normalized spacial score (nSPS) is 10.9. The van der Waals surface area contributed by atoms with Crippen LogP contribution in [0.4, 0.5) is 17.1 Å². The molecule has 0 spiro atoms. The number of aromatic nitrogens is 2. The number of aryl methyl sites for hydroxylation is 1. The average Bonchev–Trinajstić information content (AvgIpc) is 2.79. The van der Waals surface area contributed by atoms with E-state index in [2.05, 4.69) is 44.0 Å². The number of anilines is 3. The van der Waals surface area contributed by atoms with Gasteiger partial charge in [-0.15, -0.1) is 0 Å². The molecule has 20 heavy (non-hydrogen) atoms. The zero-order valence-corrected chi connectivity index (χ0v) is 12.9. The van der Waals surface area contributed by atoms with Crippen molar-refractivity contribution >= 4 is 44.0 Å². The van der Waals surface area contributed by atoms with Crippen LogP contribution in [0, 0.1) is 0 Å². The summed E-state index contributed by atoms with van der Waals surface area (Å²) < 4.78 is 2.99. The van der Waals surface area contributed by atoms with E-state index < -0.39 is 0 Å². The smallest absolute Gasteiger partial charge is 0.0955 e. The number of fused-ring (bicyclic) bond motifs is 1. The summed E-state index contributed by atoms with van der Waals surface area (Å²) in [6.45, 7) is 0. The van der Waals surface area contributed by atoms with Gasteiger partial charge < -0.3 is 15.2 Å². The molecule has 0 bridgehead atoms. The van der Waals surface area contributed by atoms with E-state index in [9.17, 15) is 0 Å². The molecule has 0 radical (unpaired) electrons. The molecule has 0 atom stereocenters. The zero-order valence-electron chi connectivity index (χ0n) is 11.3. The van der Waals surface area contributed by atoms with Crippen molar-refractivity contribution in [2.75, 3.05) is 17.7 Å². The lowest BCUT2D eigenvalue weighted by molar-refractivity contribution is 0.947. The summed E-state index contributed by atoms with van der Waals surface area (Å²) in [6.07, 6.45) is 1.82. The summed E-state index contributed by atoms with van der Waals surface area (Å²) in [6, 6.07) is 12.1. The Morgan fingerprint density at radius 3 is 2.75 bits per heavy atom. The van der Waals surface area contributed by atoms with Crippen LogP contribution in [0.15, 0.2) is 47.2 Å². The quantitative estimate of drug-likeness (QED) is 0.729. The largest absolute Gasteiger partial charge is 0.397 e. The third-order valence-corrected chi connectivity index (χ3v) is 3.94. The molecular formula is C15H15BrN4. The second kappa shape index (κ2) is 4.83. The third-order valence-electron chi connectivity index (χ3n) is 3.45. The van der Waals surface area contributed by atoms with Gasteiger partial charge in [-0.05, 0) is 36.4 Å². The van der Waals surface area contributed by atoms with Gasteiger partial charge in [-0.25, -0.2) is 4.98 Å². The molecule has 102 valence electrons. The van der Waals surface area contributed by atoms with E-state index in [4.69, 9.17) is 5.73 Å². The molecule has 0 amide bonds. The molecule has 0 saturated heterocycles. The van der Waals surface area contributed by atoms with Crippen LogP contribution in [-0.2, 0) is 7.05 Å². The van der Waals surface area contributed by atoms with Gasteiger partial charge in [0, 0.05) is 24.3 Å². The molecule has 2 N–H and O–H groups in total. The number of hydrogen-bond acceptors (Lipinski definition) is 3. The fourth-order valence-electron chi connectivity index (χ4n) is 2.30. The molecule has 1 heterocycles. The molecule has 2 aromatic carbocycles. The highest BCUT2D eigenvalue weighted by atomic mass is 79.9. The monoisotopic (exact) mass is 330 g/mol. The lowest BCUT2D eigenvalue weighted by Gasteiger charge is -2.21. The summed E-state index contributed by atoms with van der Waals surface area (Å²) in [5, 5.41) is 0. The van der Waals surface area contributed by atoms with Crippen LogP contribution < -0.4 is 10.6 Å². The molecule has 1 aromatic heterocycles. The number of benzene rings is 2. The van der Waals surface area contributed by atoms with E-state index in [1.807, 2.05) is 43.2 Å². The maximum Gasteiger partial charge on any atom is 0.0955 e. The van der Waals surface area contributed by atoms with Crippen molar-refractivity contribution in [2.24, 2.45) is 7.05 Å². The van der Waals surface area contributed by atoms with Crippen molar-refractivity contribution in [2.45, 2.75) is 0 Å². The van der Waals surface area contributed by atoms with Crippen molar-refractivity contribution in [3.8, 4) is 0 Å². The highest BCUT2D eigenvalue weighted by molar-refractivity contribution is 9.10. The summed E-state index contributed by atoms with van der Waals surface area (Å²) >= 11 is 3.43. The highest BCUT2D eigenvalue weighted by Crippen LogP contribution is 2.32.